The number of aliphatic hydroxyl groups is 1. The number of benzene rings is 3. The van der Waals surface area contributed by atoms with Gasteiger partial charge in [0.1, 0.15) is 23.8 Å². The van der Waals surface area contributed by atoms with Gasteiger partial charge in [-0.05, 0) is 100 Å². The SMILES string of the molecule is CCOc1nc2[nH]cc(F)c2cc1Oc1cc(N2CCC3(CC2)CN([C@H]2CCC[C@H]2c2ccccc2C(C)(F)F)C3)ccc1C(=O)NS(=O)(=O)c1cc2c(c([N+](=O)[O-])c1)N[C@@H]([C@H]1CC[C@](C)(O)CC1)CO2. The van der Waals surface area contributed by atoms with Gasteiger partial charge in [0.2, 0.25) is 0 Å². The molecule has 2 saturated heterocycles. The van der Waals surface area contributed by atoms with E-state index in [0.29, 0.717) is 44.5 Å². The largest absolute Gasteiger partial charge is 0.489 e. The number of nitrogens with one attached hydrogen (secondary N) is 3. The molecule has 378 valence electrons. The number of nitro groups is 1. The molecular weight excluding hydrogens is 944 g/mol. The number of ether oxygens (including phenoxy) is 3. The number of sulfonamides is 1. The Hall–Kier alpha value is -6.12. The number of pyridine rings is 1. The minimum Gasteiger partial charge on any atom is -0.489 e. The standard InChI is InChI=1S/C51H58F3N7O9S/c1-4-68-48-44(25-36-38(52)26-55-46(36)57-48)70-42-22-31(59-20-18-51(19-21-59)28-60(29-51)40-11-7-9-34(40)33-8-5-6-10-37(33)50(3,53)54)12-13-35(42)47(62)58-71(66,67)32-23-41(61(64)65)45-43(24-32)69-27-39(56-45)30-14-16-49(2,63)17-15-30/h5-6,8,10,12-13,22-26,30,34,39-40,56,63H,4,7,9,11,14-21,27-29H2,1-3H3,(H,55,57)(H,58,62)/t30-,34-,39+,40-,49-/m0/s1. The third-order valence-corrected chi connectivity index (χ3v) is 16.8. The quantitative estimate of drug-likeness (QED) is 0.0643. The first-order valence-corrected chi connectivity index (χ1v) is 25.9. The highest BCUT2D eigenvalue weighted by molar-refractivity contribution is 7.90. The number of fused-ring (bicyclic) bond motifs is 2. The van der Waals surface area contributed by atoms with Crippen LogP contribution in [0.2, 0.25) is 0 Å². The topological polar surface area (TPSA) is 201 Å². The van der Waals surface area contributed by atoms with E-state index in [2.05, 4.69) is 29.8 Å². The molecule has 3 atom stereocenters. The van der Waals surface area contributed by atoms with Crippen LogP contribution in [0, 0.1) is 27.3 Å². The molecule has 5 heterocycles. The number of aromatic nitrogens is 2. The minimum atomic E-state index is -4.79. The fraction of sp³-hybridized carbons (Fsp3) is 0.490. The second-order valence-corrected chi connectivity index (χ2v) is 22.1. The number of carbonyl (C=O) groups is 1. The summed E-state index contributed by atoms with van der Waals surface area (Å²) in [7, 11) is -4.79. The average molecular weight is 1000 g/mol. The van der Waals surface area contributed by atoms with E-state index < -0.39 is 48.8 Å². The Balaban J connectivity index is 0.889. The van der Waals surface area contributed by atoms with E-state index in [9.17, 15) is 41.6 Å². The monoisotopic (exact) mass is 1000 g/mol. The predicted molar refractivity (Wildman–Crippen MR) is 259 cm³/mol. The Morgan fingerprint density at radius 2 is 1.79 bits per heavy atom. The van der Waals surface area contributed by atoms with E-state index in [1.807, 2.05) is 12.1 Å². The number of nitrogens with zero attached hydrogens (tertiary/aromatic N) is 4. The normalized spacial score (nSPS) is 24.4. The first kappa shape index (κ1) is 48.5. The number of aromatic amines is 1. The summed E-state index contributed by atoms with van der Waals surface area (Å²) in [6.45, 7) is 7.77. The van der Waals surface area contributed by atoms with Crippen LogP contribution in [0.1, 0.15) is 106 Å². The first-order valence-electron chi connectivity index (χ1n) is 24.4. The number of amides is 1. The van der Waals surface area contributed by atoms with Crippen LogP contribution in [0.5, 0.6) is 23.1 Å². The van der Waals surface area contributed by atoms with Crippen LogP contribution in [0.4, 0.5) is 30.2 Å². The van der Waals surface area contributed by atoms with Crippen molar-refractivity contribution in [2.45, 2.75) is 113 Å². The molecule has 4 N–H and O–H groups in total. The molecule has 0 bridgehead atoms. The molecule has 16 nitrogen and oxygen atoms in total. The molecule has 2 aliphatic carbocycles. The van der Waals surface area contributed by atoms with Gasteiger partial charge in [-0.15, -0.1) is 0 Å². The van der Waals surface area contributed by atoms with Gasteiger partial charge < -0.3 is 34.5 Å². The summed E-state index contributed by atoms with van der Waals surface area (Å²) in [5, 5.41) is 26.2. The maximum atomic E-state index is 14.9. The molecule has 4 fully saturated rings. The van der Waals surface area contributed by atoms with E-state index >= 15 is 0 Å². The summed E-state index contributed by atoms with van der Waals surface area (Å²) in [4.78, 5) is 37.2. The van der Waals surface area contributed by atoms with Crippen LogP contribution in [-0.2, 0) is 15.9 Å². The lowest BCUT2D eigenvalue weighted by Gasteiger charge is -2.57. The van der Waals surface area contributed by atoms with Gasteiger partial charge >= 0.3 is 0 Å². The van der Waals surface area contributed by atoms with Gasteiger partial charge in [-0.1, -0.05) is 30.7 Å². The van der Waals surface area contributed by atoms with Crippen molar-refractivity contribution >= 4 is 44.0 Å². The number of halogens is 3. The molecule has 3 aliphatic heterocycles. The summed E-state index contributed by atoms with van der Waals surface area (Å²) < 4.78 is 92.7. The zero-order valence-electron chi connectivity index (χ0n) is 39.8. The maximum Gasteiger partial charge on any atom is 0.297 e. The number of anilines is 2. The van der Waals surface area contributed by atoms with Crippen molar-refractivity contribution in [1.29, 1.82) is 0 Å². The molecule has 2 aromatic heterocycles. The van der Waals surface area contributed by atoms with E-state index in [-0.39, 0.29) is 93.5 Å². The highest BCUT2D eigenvalue weighted by atomic mass is 32.2. The maximum absolute atomic E-state index is 14.9. The Morgan fingerprint density at radius 3 is 2.51 bits per heavy atom. The first-order chi connectivity index (χ1) is 33.8. The average Bonchev–Trinajstić information content (AvgIpc) is 3.96. The highest BCUT2D eigenvalue weighted by Crippen LogP contribution is 2.50. The van der Waals surface area contributed by atoms with Gasteiger partial charge in [-0.25, -0.2) is 26.3 Å². The van der Waals surface area contributed by atoms with Gasteiger partial charge in [-0.3, -0.25) is 19.8 Å². The van der Waals surface area contributed by atoms with Gasteiger partial charge in [0.25, 0.3) is 33.4 Å². The zero-order valence-corrected chi connectivity index (χ0v) is 40.6. The summed E-state index contributed by atoms with van der Waals surface area (Å²) in [6.07, 6.45) is 8.11. The highest BCUT2D eigenvalue weighted by Gasteiger charge is 2.50. The second kappa shape index (κ2) is 18.5. The van der Waals surface area contributed by atoms with Crippen LogP contribution < -0.4 is 29.1 Å². The summed E-state index contributed by atoms with van der Waals surface area (Å²) >= 11 is 0. The predicted octanol–water partition coefficient (Wildman–Crippen LogP) is 9.38. The zero-order chi connectivity index (χ0) is 50.0. The Bertz CT molecular complexity index is 2980. The second-order valence-electron chi connectivity index (χ2n) is 20.4. The molecule has 71 heavy (non-hydrogen) atoms. The van der Waals surface area contributed by atoms with Crippen LogP contribution in [0.3, 0.4) is 0 Å². The molecule has 3 aromatic carbocycles. The van der Waals surface area contributed by atoms with E-state index in [1.54, 1.807) is 38.1 Å². The molecule has 1 amide bonds. The van der Waals surface area contributed by atoms with Crippen LogP contribution in [-0.4, -0.2) is 96.3 Å². The van der Waals surface area contributed by atoms with Crippen LogP contribution in [0.25, 0.3) is 11.0 Å². The fourth-order valence-corrected chi connectivity index (χ4v) is 12.7. The van der Waals surface area contributed by atoms with Crippen molar-refractivity contribution < 1.29 is 50.6 Å². The Labute approximate surface area is 409 Å². The van der Waals surface area contributed by atoms with Crippen molar-refractivity contribution in [1.82, 2.24) is 19.6 Å². The number of piperidine rings is 1. The van der Waals surface area contributed by atoms with Gasteiger partial charge in [0.15, 0.2) is 17.2 Å². The fourth-order valence-electron chi connectivity index (χ4n) is 11.7. The smallest absolute Gasteiger partial charge is 0.297 e. The van der Waals surface area contributed by atoms with Crippen molar-refractivity contribution in [3.8, 4) is 23.1 Å². The molecule has 5 aliphatic rings. The van der Waals surface area contributed by atoms with Crippen LogP contribution in [0.15, 0.2) is 71.8 Å². The number of hydrogen-bond acceptors (Lipinski definition) is 13. The molecule has 2 saturated carbocycles. The number of nitro benzene ring substituents is 1. The van der Waals surface area contributed by atoms with Gasteiger partial charge in [0, 0.05) is 80.9 Å². The van der Waals surface area contributed by atoms with E-state index in [0.717, 1.165) is 76.0 Å². The van der Waals surface area contributed by atoms with Crippen molar-refractivity contribution in [2.24, 2.45) is 11.3 Å². The Kier molecular flexibility index (Phi) is 12.6. The van der Waals surface area contributed by atoms with Gasteiger partial charge in [-0.2, -0.15) is 4.98 Å². The molecule has 5 aromatic rings. The number of hydrogen-bond donors (Lipinski definition) is 4. The molecule has 20 heteroatoms. The molecular formula is C51H58F3N7O9S. The minimum absolute atomic E-state index is 0.00958. The number of alkyl halides is 2. The number of likely N-dealkylation sites (tertiary alicyclic amines) is 1. The van der Waals surface area contributed by atoms with Crippen molar-refractivity contribution in [2.75, 3.05) is 49.6 Å². The molecule has 1 spiro atoms. The number of rotatable bonds is 13. The van der Waals surface area contributed by atoms with E-state index in [1.165, 1.54) is 12.1 Å². The number of H-pyrrole nitrogens is 1. The van der Waals surface area contributed by atoms with E-state index in [4.69, 9.17) is 14.2 Å². The lowest BCUT2D eigenvalue weighted by molar-refractivity contribution is -0.384. The molecule has 0 unspecified atom stereocenters. The Morgan fingerprint density at radius 1 is 1.04 bits per heavy atom. The third kappa shape index (κ3) is 9.57. The van der Waals surface area contributed by atoms with Gasteiger partial charge in [0.05, 0.1) is 39.0 Å². The molecule has 10 rings (SSSR count). The lowest BCUT2D eigenvalue weighted by atomic mass is 9.70. The number of carbonyl (C=O) groups excluding carboxylic acids is 1. The van der Waals surface area contributed by atoms with Crippen molar-refractivity contribution in [3.63, 3.8) is 0 Å². The third-order valence-electron chi connectivity index (χ3n) is 15.5. The van der Waals surface area contributed by atoms with Crippen LogP contribution >= 0.6 is 0 Å². The molecule has 0 radical (unpaired) electrons. The summed E-state index contributed by atoms with van der Waals surface area (Å²) in [6, 6.07) is 14.9. The van der Waals surface area contributed by atoms with Crippen molar-refractivity contribution in [3.05, 3.63) is 99.5 Å². The lowest BCUT2D eigenvalue weighted by Crippen LogP contribution is -2.63. The summed E-state index contributed by atoms with van der Waals surface area (Å²) in [5.74, 6) is -4.75. The summed E-state index contributed by atoms with van der Waals surface area (Å²) in [5.41, 5.74) is 0.233.